The van der Waals surface area contributed by atoms with Crippen LogP contribution in [0, 0.1) is 23.6 Å². The molecule has 0 saturated heterocycles. The van der Waals surface area contributed by atoms with Crippen LogP contribution in [0.4, 0.5) is 4.39 Å². The highest BCUT2D eigenvalue weighted by Gasteiger charge is 2.15. The molecule has 1 N–H and O–H groups in total. The van der Waals surface area contributed by atoms with Gasteiger partial charge in [-0.3, -0.25) is 0 Å². The second kappa shape index (κ2) is 6.54. The number of aliphatic hydroxyl groups is 1. The van der Waals surface area contributed by atoms with Crippen LogP contribution in [0.15, 0.2) is 16.9 Å². The van der Waals surface area contributed by atoms with Gasteiger partial charge >= 0.3 is 5.69 Å². The number of aromatic nitrogens is 4. The van der Waals surface area contributed by atoms with Crippen molar-refractivity contribution < 1.29 is 9.50 Å². The summed E-state index contributed by atoms with van der Waals surface area (Å²) in [5, 5.41) is 16.2. The van der Waals surface area contributed by atoms with Crippen LogP contribution in [-0.2, 0) is 13.5 Å². The van der Waals surface area contributed by atoms with E-state index in [1.54, 1.807) is 6.07 Å². The molecular weight excluding hydrogens is 287 g/mol. The van der Waals surface area contributed by atoms with Gasteiger partial charge in [-0.15, -0.1) is 0 Å². The van der Waals surface area contributed by atoms with E-state index in [2.05, 4.69) is 22.3 Å². The third-order valence-electron chi connectivity index (χ3n) is 3.04. The normalized spacial score (nSPS) is 10.6. The van der Waals surface area contributed by atoms with Crippen LogP contribution in [0.5, 0.6) is 0 Å². The minimum Gasteiger partial charge on any atom is -0.384 e. The van der Waals surface area contributed by atoms with Gasteiger partial charge in [0.15, 0.2) is 0 Å². The molecule has 116 valence electrons. The molecule has 0 spiro atoms. The van der Waals surface area contributed by atoms with Crippen LogP contribution in [0.2, 0.25) is 0 Å². The van der Waals surface area contributed by atoms with Crippen LogP contribution >= 0.6 is 0 Å². The fourth-order valence-corrected chi connectivity index (χ4v) is 2.08. The van der Waals surface area contributed by atoms with Gasteiger partial charge in [0.25, 0.3) is 0 Å². The van der Waals surface area contributed by atoms with Crippen molar-refractivity contribution in [3.63, 3.8) is 0 Å². The van der Waals surface area contributed by atoms with Crippen LogP contribution in [-0.4, -0.2) is 31.5 Å². The lowest BCUT2D eigenvalue weighted by Gasteiger charge is -2.10. The molecule has 0 amide bonds. The van der Waals surface area contributed by atoms with E-state index in [1.165, 1.54) is 13.1 Å². The molecule has 0 aliphatic heterocycles. The molecule has 0 saturated carbocycles. The van der Waals surface area contributed by atoms with Crippen LogP contribution in [0.3, 0.4) is 0 Å². The van der Waals surface area contributed by atoms with Crippen molar-refractivity contribution in [3.8, 4) is 17.5 Å². The quantitative estimate of drug-likeness (QED) is 0.845. The zero-order valence-electron chi connectivity index (χ0n) is 12.7. The fourth-order valence-electron chi connectivity index (χ4n) is 2.08. The molecule has 0 unspecified atom stereocenters. The van der Waals surface area contributed by atoms with Gasteiger partial charge < -0.3 is 5.11 Å². The number of nitrogens with zero attached hydrogens (tertiary/aromatic N) is 4. The molecule has 22 heavy (non-hydrogen) atoms. The molecule has 7 heteroatoms. The summed E-state index contributed by atoms with van der Waals surface area (Å²) < 4.78 is 16.3. The van der Waals surface area contributed by atoms with E-state index in [0.29, 0.717) is 17.7 Å². The molecule has 1 aromatic heterocycles. The number of benzene rings is 1. The van der Waals surface area contributed by atoms with Crippen molar-refractivity contribution in [1.82, 2.24) is 19.8 Å². The van der Waals surface area contributed by atoms with E-state index >= 15 is 0 Å². The number of tetrazole rings is 1. The first-order valence-electron chi connectivity index (χ1n) is 6.85. The lowest BCUT2D eigenvalue weighted by molar-refractivity contribution is 0.350. The maximum Gasteiger partial charge on any atom is 0.368 e. The highest BCUT2D eigenvalue weighted by Crippen LogP contribution is 2.20. The van der Waals surface area contributed by atoms with Gasteiger partial charge in [-0.2, -0.15) is 9.36 Å². The molecule has 6 nitrogen and oxygen atoms in total. The molecule has 2 rings (SSSR count). The summed E-state index contributed by atoms with van der Waals surface area (Å²) >= 11 is 0. The Balaban J connectivity index is 2.67. The fraction of sp³-hybridized carbons (Fsp3) is 0.400. The Morgan fingerprint density at radius 3 is 2.64 bits per heavy atom. The molecule has 0 fully saturated rings. The zero-order chi connectivity index (χ0) is 16.3. The number of rotatable bonds is 3. The number of aliphatic hydroxyl groups excluding tert-OH is 1. The summed E-state index contributed by atoms with van der Waals surface area (Å²) in [5.74, 6) is 4.97. The van der Waals surface area contributed by atoms with Gasteiger partial charge in [0.2, 0.25) is 0 Å². The topological polar surface area (TPSA) is 72.9 Å². The molecule has 2 aromatic rings. The highest BCUT2D eigenvalue weighted by molar-refractivity contribution is 5.53. The van der Waals surface area contributed by atoms with Crippen molar-refractivity contribution in [2.24, 2.45) is 13.0 Å². The summed E-state index contributed by atoms with van der Waals surface area (Å²) in [4.78, 5) is 12.0. The minimum absolute atomic E-state index is 0.260. The standard InChI is InChI=1S/C15H17FN4O2/c1-10(2)7-12-9-14(20-15(22)19(3)17-18-20)11(5-4-6-21)8-13(12)16/h8-10,21H,6-7H2,1-3H3. The van der Waals surface area contributed by atoms with E-state index in [4.69, 9.17) is 5.11 Å². The monoisotopic (exact) mass is 304 g/mol. The van der Waals surface area contributed by atoms with Gasteiger partial charge in [-0.05, 0) is 40.5 Å². The predicted molar refractivity (Wildman–Crippen MR) is 79.1 cm³/mol. The van der Waals surface area contributed by atoms with Gasteiger partial charge in [-0.25, -0.2) is 9.18 Å². The van der Waals surface area contributed by atoms with Crippen LogP contribution in [0.1, 0.15) is 25.0 Å². The van der Waals surface area contributed by atoms with Crippen molar-refractivity contribution in [2.75, 3.05) is 6.61 Å². The molecule has 0 aliphatic rings. The molecule has 0 aliphatic carbocycles. The van der Waals surface area contributed by atoms with E-state index in [9.17, 15) is 9.18 Å². The summed E-state index contributed by atoms with van der Waals surface area (Å²) in [6.45, 7) is 3.60. The van der Waals surface area contributed by atoms with Crippen molar-refractivity contribution in [1.29, 1.82) is 0 Å². The summed E-state index contributed by atoms with van der Waals surface area (Å²) in [7, 11) is 1.48. The smallest absolute Gasteiger partial charge is 0.368 e. The number of halogens is 1. The molecule has 0 atom stereocenters. The second-order valence-corrected chi connectivity index (χ2v) is 5.32. The molecule has 1 heterocycles. The Labute approximate surface area is 127 Å². The van der Waals surface area contributed by atoms with Gasteiger partial charge in [0, 0.05) is 7.05 Å². The van der Waals surface area contributed by atoms with E-state index in [-0.39, 0.29) is 18.1 Å². The second-order valence-electron chi connectivity index (χ2n) is 5.32. The zero-order valence-corrected chi connectivity index (χ0v) is 12.7. The maximum absolute atomic E-state index is 14.2. The highest BCUT2D eigenvalue weighted by atomic mass is 19.1. The Morgan fingerprint density at radius 1 is 1.36 bits per heavy atom. The number of hydrogen-bond acceptors (Lipinski definition) is 4. The molecule has 1 aromatic carbocycles. The Morgan fingerprint density at radius 2 is 2.09 bits per heavy atom. The average Bonchev–Trinajstić information content (AvgIpc) is 2.79. The Bertz CT molecular complexity index is 796. The Hall–Kier alpha value is -2.46. The maximum atomic E-state index is 14.2. The average molecular weight is 304 g/mol. The van der Waals surface area contributed by atoms with E-state index in [1.807, 2.05) is 13.8 Å². The first kappa shape index (κ1) is 15.9. The van der Waals surface area contributed by atoms with Crippen LogP contribution in [0.25, 0.3) is 5.69 Å². The van der Waals surface area contributed by atoms with Crippen molar-refractivity contribution in [2.45, 2.75) is 20.3 Å². The molecule has 0 radical (unpaired) electrons. The number of aryl methyl sites for hydroxylation is 1. The third-order valence-corrected chi connectivity index (χ3v) is 3.04. The summed E-state index contributed by atoms with van der Waals surface area (Å²) in [5.41, 5.74) is 0.670. The van der Waals surface area contributed by atoms with Gasteiger partial charge in [-0.1, -0.05) is 25.7 Å². The first-order chi connectivity index (χ1) is 10.4. The first-order valence-corrected chi connectivity index (χ1v) is 6.85. The Kier molecular flexibility index (Phi) is 4.73. The van der Waals surface area contributed by atoms with Gasteiger partial charge in [0.05, 0.1) is 11.3 Å². The number of hydrogen-bond donors (Lipinski definition) is 1. The lowest BCUT2D eigenvalue weighted by atomic mass is 9.99. The minimum atomic E-state index is -0.450. The van der Waals surface area contributed by atoms with Crippen molar-refractivity contribution in [3.05, 3.63) is 39.6 Å². The molecular formula is C15H17FN4O2. The SMILES string of the molecule is CC(C)Cc1cc(-n2nnn(C)c2=O)c(C#CCO)cc1F. The van der Waals surface area contributed by atoms with E-state index < -0.39 is 11.5 Å². The third kappa shape index (κ3) is 3.23. The predicted octanol–water partition coefficient (Wildman–Crippen LogP) is 0.647. The summed E-state index contributed by atoms with van der Waals surface area (Å²) in [6.07, 6.45) is 0.529. The van der Waals surface area contributed by atoms with Crippen LogP contribution < -0.4 is 5.69 Å². The summed E-state index contributed by atoms with van der Waals surface area (Å²) in [6, 6.07) is 2.82. The van der Waals surface area contributed by atoms with Gasteiger partial charge in [0.1, 0.15) is 12.4 Å². The van der Waals surface area contributed by atoms with Crippen molar-refractivity contribution >= 4 is 0 Å². The largest absolute Gasteiger partial charge is 0.384 e. The lowest BCUT2D eigenvalue weighted by Crippen LogP contribution is -2.23. The molecule has 0 bridgehead atoms. The van der Waals surface area contributed by atoms with E-state index in [0.717, 1.165) is 9.36 Å².